The lowest BCUT2D eigenvalue weighted by molar-refractivity contribution is -0.156. The molecule has 8 N–H and O–H groups in total. The van der Waals surface area contributed by atoms with Crippen LogP contribution in [0.15, 0.2) is 110 Å². The molecule has 14 saturated heterocycles. The molecule has 0 amide bonds. The molecule has 770 valence electrons. The van der Waals surface area contributed by atoms with Gasteiger partial charge in [0.25, 0.3) is 0 Å². The number of carbonyl (C=O) groups excluding carboxylic acids is 14. The number of fused-ring (bicyclic) bond motifs is 7. The lowest BCUT2D eigenvalue weighted by Gasteiger charge is -2.16. The topological polar surface area (TPSA) is 708 Å². The zero-order valence-corrected chi connectivity index (χ0v) is 76.0. The Bertz CT molecular complexity index is 4320. The van der Waals surface area contributed by atoms with Gasteiger partial charge >= 0.3 is 89.5 Å². The van der Waals surface area contributed by atoms with Crippen molar-refractivity contribution in [1.29, 1.82) is 0 Å². The molecule has 0 bridgehead atoms. The number of rotatable bonds is 32. The highest BCUT2D eigenvalue weighted by molar-refractivity contribution is 5.97. The van der Waals surface area contributed by atoms with Gasteiger partial charge in [-0.05, 0) is 58.1 Å². The van der Waals surface area contributed by atoms with Crippen LogP contribution in [0.2, 0.25) is 0 Å². The minimum absolute atomic E-state index is 0.00715. The van der Waals surface area contributed by atoms with E-state index in [0.717, 1.165) is 85.1 Å². The van der Waals surface area contributed by atoms with Gasteiger partial charge in [0.1, 0.15) is 91.2 Å². The summed E-state index contributed by atoms with van der Waals surface area (Å²) in [5.74, 6) is -13.4. The molecule has 14 rings (SSSR count). The fraction of sp³-hybridized carbons (Fsp3) is 0.584. The third-order valence-electron chi connectivity index (χ3n) is 21.5. The molecule has 51 nitrogen and oxygen atoms in total. The third-order valence-corrected chi connectivity index (χ3v) is 21.5. The first kappa shape index (κ1) is 113. The van der Waals surface area contributed by atoms with Gasteiger partial charge in [-0.1, -0.05) is 20.4 Å². The Kier molecular flexibility index (Phi) is 44.7. The quantitative estimate of drug-likeness (QED) is 0.0113. The minimum Gasteiger partial charge on any atom is -0.509 e. The minimum atomic E-state index is -1.27. The van der Waals surface area contributed by atoms with Crippen LogP contribution in [0.1, 0.15) is 67.2 Å². The van der Waals surface area contributed by atoms with Crippen LogP contribution < -0.4 is 0 Å². The molecule has 0 aliphatic carbocycles. The van der Waals surface area contributed by atoms with Crippen molar-refractivity contribution in [3.05, 3.63) is 110 Å². The fourth-order valence-corrected chi connectivity index (χ4v) is 15.2. The predicted octanol–water partition coefficient (Wildman–Crippen LogP) is -2.54. The van der Waals surface area contributed by atoms with Gasteiger partial charge in [0, 0.05) is 78.7 Å². The molecule has 0 radical (unpaired) electrons. The molecule has 14 aliphatic heterocycles. The number of allylic oxidation sites excluding steroid dienone is 5. The highest BCUT2D eigenvalue weighted by Gasteiger charge is 2.56. The second-order valence-corrected chi connectivity index (χ2v) is 32.5. The number of aliphatic hydroxyl groups excluding tert-OH is 3. The average molecular weight is 1990 g/mol. The summed E-state index contributed by atoms with van der Waals surface area (Å²) in [5.41, 5.74) is 0. The van der Waals surface area contributed by atoms with E-state index in [9.17, 15) is 101 Å². The van der Waals surface area contributed by atoms with Gasteiger partial charge in [-0.15, -0.1) is 0 Å². The number of ketones is 4. The summed E-state index contributed by atoms with van der Waals surface area (Å²) in [6.45, 7) is 15.5. The zero-order chi connectivity index (χ0) is 103. The van der Waals surface area contributed by atoms with Crippen molar-refractivity contribution in [1.82, 2.24) is 0 Å². The molecule has 51 heteroatoms. The first-order chi connectivity index (χ1) is 66.4. The third kappa shape index (κ3) is 36.3. The van der Waals surface area contributed by atoms with Gasteiger partial charge in [-0.3, -0.25) is 38.4 Å². The number of esters is 10. The smallest absolute Gasteiger partial charge is 0.331 e. The summed E-state index contributed by atoms with van der Waals surface area (Å²) in [5, 5.41) is 70.1. The maximum Gasteiger partial charge on any atom is 0.331 e. The molecule has 28 atom stereocenters. The standard InChI is InChI=1S/C15H18O9.2C15H16O9.C11H16O6.3C11H14O6/c3*1-8(16)2-4-12(19)23-9-6-21-15-10(7-22-14(9)15)24-13(20)5-3-11(17)18;2*1-6-4-15-11-7(5-16-10(6)11)17-9(14)3-2-8(12)13;2*1-6(12)2-3-9(14)17-8-5-16-10-7(13)4-15-11(8)10/h2,4,9-10,14-15H,3,5-7H2,1H3,(H,17,18);2-5,9-10,14-15H,6-7H2,1H3,(H,17,18);2-5,9-10,14-16H,1,6-7H2,(H,17,18);6-7,10-11H,2-5H2,1H3,(H,12,13);2-3,6-7,10-11H,4-5H2,1H3,(H,12,13);2*2-3,7-8,10-11,13H,4-5H2,1H3/b4-2+;4-2+,5-3+;4-2-,5-3-;;3*3-2+/t2*9-,10+,14+,15+;9-,10-,14-,15-;2*6-,7+,10+,11+;2*7-,8+,10-,11-/m0010011/s1. The normalized spacial score (nSPS) is 32.3. The number of hydrogen-bond acceptors (Lipinski definition) is 46. The van der Waals surface area contributed by atoms with E-state index >= 15 is 0 Å². The highest BCUT2D eigenvalue weighted by Crippen LogP contribution is 2.38. The van der Waals surface area contributed by atoms with E-state index in [1.807, 2.05) is 13.8 Å². The van der Waals surface area contributed by atoms with Crippen LogP contribution in [-0.4, -0.2) is 405 Å². The van der Waals surface area contributed by atoms with E-state index in [0.29, 0.717) is 50.4 Å². The maximum atomic E-state index is 11.6. The summed E-state index contributed by atoms with van der Waals surface area (Å²) >= 11 is 0. The molecule has 140 heavy (non-hydrogen) atoms. The van der Waals surface area contributed by atoms with Crippen molar-refractivity contribution < 1.29 is 246 Å². The first-order valence-corrected chi connectivity index (χ1v) is 43.4. The van der Waals surface area contributed by atoms with Crippen molar-refractivity contribution in [3.63, 3.8) is 0 Å². The SMILES string of the molecule is C=C(O)/C=C\C(=O)O[C@@H]1CO[C@H]2[C@@H]1OC[C@H]2OC(=O)/C=C\C(=O)O.CC(=O)/C=C/C(=O)O[C@H]1CO[C@H]2[C@@H]1OC[C@H]2O.CC(=O)/C=C/C(=O)O[C@H]1CO[C@H]2[C@@H]1OC[C@H]2O.CC(=O)/C=C/C(=O)O[C@H]1CO[C@H]2[C@@H]1OC[C@H]2OC(=O)/C=C/C(=O)O.CC(=O)/C=C/C(=O)O[C@H]1CO[C@H]2[C@@H]1OC[C@H]2OC(=O)CCC(=O)O.C[C@H]1CO[C@H]2[C@@H]1OC[C@H]2OC(=O)/C=C/C(=O)O.C[C@H]1CO[C@H]2[C@@H]1OC[C@H]2OC(=O)CCC(=O)O. The molecule has 0 aromatic rings. The summed E-state index contributed by atoms with van der Waals surface area (Å²) in [6, 6.07) is 0. The van der Waals surface area contributed by atoms with Gasteiger partial charge in [0.15, 0.2) is 84.2 Å². The number of carboxylic acid groups (broad SMARTS) is 5. The Morgan fingerprint density at radius 1 is 0.229 bits per heavy atom. The van der Waals surface area contributed by atoms with Crippen molar-refractivity contribution in [2.24, 2.45) is 11.8 Å². The van der Waals surface area contributed by atoms with Gasteiger partial charge < -0.3 is 155 Å². The van der Waals surface area contributed by atoms with Crippen LogP contribution in [0.3, 0.4) is 0 Å². The van der Waals surface area contributed by atoms with E-state index in [1.165, 1.54) is 27.7 Å². The molecule has 14 heterocycles. The lowest BCUT2D eigenvalue weighted by atomic mass is 10.0. The Morgan fingerprint density at radius 3 is 0.607 bits per heavy atom. The second-order valence-electron chi connectivity index (χ2n) is 32.5. The number of aliphatic carboxylic acids is 5. The van der Waals surface area contributed by atoms with Crippen LogP contribution in [0.5, 0.6) is 0 Å². The van der Waals surface area contributed by atoms with Crippen molar-refractivity contribution in [2.45, 2.75) is 226 Å². The van der Waals surface area contributed by atoms with Gasteiger partial charge in [0.05, 0.1) is 130 Å². The van der Waals surface area contributed by atoms with Crippen molar-refractivity contribution >= 4 is 113 Å². The number of aliphatic hydroxyl groups is 3. The van der Waals surface area contributed by atoms with E-state index in [1.54, 1.807) is 0 Å². The van der Waals surface area contributed by atoms with E-state index in [-0.39, 0.29) is 145 Å². The second kappa shape index (κ2) is 55.5. The maximum absolute atomic E-state index is 11.6. The Labute approximate surface area is 795 Å². The predicted molar refractivity (Wildman–Crippen MR) is 450 cm³/mol. The fourth-order valence-electron chi connectivity index (χ4n) is 15.2. The molecule has 0 aromatic heterocycles. The monoisotopic (exact) mass is 1990 g/mol. The van der Waals surface area contributed by atoms with Crippen molar-refractivity contribution in [3.8, 4) is 0 Å². The average Bonchev–Trinajstić information content (AvgIpc) is 2.33. The van der Waals surface area contributed by atoms with Crippen LogP contribution in [0, 0.1) is 11.8 Å². The van der Waals surface area contributed by atoms with E-state index in [4.69, 9.17) is 144 Å². The summed E-state index contributed by atoms with van der Waals surface area (Å²) < 4.78 is 127. The summed E-state index contributed by atoms with van der Waals surface area (Å²) in [4.78, 5) is 209. The summed E-state index contributed by atoms with van der Waals surface area (Å²) in [6.07, 6.45) is 1.29. The summed E-state index contributed by atoms with van der Waals surface area (Å²) in [7, 11) is 0. The Morgan fingerprint density at radius 2 is 0.400 bits per heavy atom. The molecule has 0 unspecified atom stereocenters. The van der Waals surface area contributed by atoms with E-state index < -0.39 is 224 Å². The number of carboxylic acids is 5. The van der Waals surface area contributed by atoms with Crippen molar-refractivity contribution in [2.75, 3.05) is 92.5 Å². The molecule has 14 fully saturated rings. The highest BCUT2D eigenvalue weighted by atomic mass is 16.7. The molecular formula is C89H108O51. The molecule has 0 saturated carbocycles. The number of carbonyl (C=O) groups is 19. The zero-order valence-electron chi connectivity index (χ0n) is 76.0. The number of ether oxygens (including phenoxy) is 24. The van der Waals surface area contributed by atoms with Gasteiger partial charge in [-0.25, -0.2) is 52.7 Å². The molecular weight excluding hydrogens is 1880 g/mol. The Hall–Kier alpha value is -12.4. The lowest BCUT2D eigenvalue weighted by Crippen LogP contribution is -2.35. The van der Waals surface area contributed by atoms with Gasteiger partial charge in [0.2, 0.25) is 0 Å². The van der Waals surface area contributed by atoms with Crippen LogP contribution >= 0.6 is 0 Å². The van der Waals surface area contributed by atoms with Gasteiger partial charge in [-0.2, -0.15) is 0 Å². The molecule has 0 aromatic carbocycles. The Balaban J connectivity index is 0.000000201. The van der Waals surface area contributed by atoms with E-state index in [2.05, 4.69) is 6.58 Å². The molecule has 0 spiro atoms. The first-order valence-electron chi connectivity index (χ1n) is 43.4. The van der Waals surface area contributed by atoms with Crippen LogP contribution in [-0.2, 0) is 205 Å². The largest absolute Gasteiger partial charge is 0.509 e. The molecule has 14 aliphatic rings. The van der Waals surface area contributed by atoms with Crippen LogP contribution in [0.4, 0.5) is 0 Å². The van der Waals surface area contributed by atoms with Crippen LogP contribution in [0.25, 0.3) is 0 Å². The number of hydrogen-bond donors (Lipinski definition) is 8.